The van der Waals surface area contributed by atoms with Gasteiger partial charge in [0.05, 0.1) is 0 Å². The SMILES string of the molecule is Nc1ccn([C@H]2C[C@H](O)[C@@H](OCP(=O)(O)O)O2)c(=O)n1.[H-].[H-].[Na+].[Na+]. The van der Waals surface area contributed by atoms with Crippen LogP contribution in [0, 0.1) is 0 Å². The van der Waals surface area contributed by atoms with E-state index in [9.17, 15) is 14.5 Å². The standard InChI is InChI=1S/C9H14N3O7P.2Na.2H/c10-6-1-2-12(9(14)11-6)7-3-5(13)8(19-7)18-4-20(15,16)17;;;;/h1-2,5,7-8,13H,3-4H2,(H2,10,11,14)(H2,15,16,17);;;;/q;2*+1;2*-1/t5-,7+,8-;;;;/m0..../s1. The summed E-state index contributed by atoms with van der Waals surface area (Å²) in [5.41, 5.74) is 4.70. The fourth-order valence-electron chi connectivity index (χ4n) is 1.76. The van der Waals surface area contributed by atoms with Crippen molar-refractivity contribution in [1.29, 1.82) is 0 Å². The van der Waals surface area contributed by atoms with Gasteiger partial charge in [-0.1, -0.05) is 0 Å². The summed E-state index contributed by atoms with van der Waals surface area (Å²) in [6, 6.07) is 1.39. The van der Waals surface area contributed by atoms with Crippen LogP contribution in [0.3, 0.4) is 0 Å². The van der Waals surface area contributed by atoms with Crippen LogP contribution in [-0.4, -0.2) is 43.2 Å². The molecule has 10 nitrogen and oxygen atoms in total. The summed E-state index contributed by atoms with van der Waals surface area (Å²) in [5.74, 6) is 0.0547. The Hall–Kier alpha value is 0.710. The molecule has 0 aromatic carbocycles. The Morgan fingerprint density at radius 3 is 2.73 bits per heavy atom. The Bertz CT molecular complexity index is 605. The predicted molar refractivity (Wildman–Crippen MR) is 67.7 cm³/mol. The van der Waals surface area contributed by atoms with Crippen molar-refractivity contribution in [3.8, 4) is 0 Å². The number of nitrogens with two attached hydrogens (primary N) is 1. The molecule has 1 fully saturated rings. The van der Waals surface area contributed by atoms with E-state index in [1.54, 1.807) is 0 Å². The van der Waals surface area contributed by atoms with Crippen LogP contribution in [0.25, 0.3) is 0 Å². The summed E-state index contributed by atoms with van der Waals surface area (Å²) in [5, 5.41) is 9.70. The largest absolute Gasteiger partial charge is 1.00 e. The van der Waals surface area contributed by atoms with Gasteiger partial charge in [-0.25, -0.2) is 4.79 Å². The Kier molecular flexibility index (Phi) is 9.56. The first kappa shape index (κ1) is 22.7. The topological polar surface area (TPSA) is 157 Å². The number of aliphatic hydroxyl groups is 1. The molecular formula is C9H16N3Na2O7P. The number of rotatable bonds is 4. The number of hydrogen-bond acceptors (Lipinski definition) is 7. The van der Waals surface area contributed by atoms with Crippen LogP contribution < -0.4 is 70.5 Å². The molecule has 0 spiro atoms. The molecule has 2 rings (SSSR count). The van der Waals surface area contributed by atoms with Gasteiger partial charge in [0.15, 0.2) is 12.6 Å². The van der Waals surface area contributed by atoms with Gasteiger partial charge in [-0.15, -0.1) is 0 Å². The van der Waals surface area contributed by atoms with E-state index in [1.807, 2.05) is 0 Å². The summed E-state index contributed by atoms with van der Waals surface area (Å²) in [6.45, 7) is 0. The molecule has 0 aliphatic carbocycles. The molecule has 2 heterocycles. The molecule has 22 heavy (non-hydrogen) atoms. The molecule has 0 bridgehead atoms. The van der Waals surface area contributed by atoms with Crippen molar-refractivity contribution in [3.63, 3.8) is 0 Å². The zero-order chi connectivity index (χ0) is 14.9. The molecule has 1 aliphatic rings. The number of nitrogen functional groups attached to an aromatic ring is 1. The molecule has 13 heteroatoms. The van der Waals surface area contributed by atoms with Crippen molar-refractivity contribution in [2.24, 2.45) is 0 Å². The van der Waals surface area contributed by atoms with Gasteiger partial charge in [-0.2, -0.15) is 4.98 Å². The van der Waals surface area contributed by atoms with Crippen molar-refractivity contribution >= 4 is 13.4 Å². The van der Waals surface area contributed by atoms with E-state index < -0.39 is 38.3 Å². The normalized spacial score (nSPS) is 24.4. The fourth-order valence-corrected chi connectivity index (χ4v) is 2.10. The minimum atomic E-state index is -4.36. The zero-order valence-electron chi connectivity index (χ0n) is 14.2. The third-order valence-electron chi connectivity index (χ3n) is 2.62. The first-order valence-electron chi connectivity index (χ1n) is 5.60. The van der Waals surface area contributed by atoms with Gasteiger partial charge in [0.1, 0.15) is 18.1 Å². The van der Waals surface area contributed by atoms with Crippen molar-refractivity contribution in [2.45, 2.75) is 25.0 Å². The average Bonchev–Trinajstić information content (AvgIpc) is 2.67. The molecule has 116 valence electrons. The number of anilines is 1. The maximum atomic E-state index is 11.6. The van der Waals surface area contributed by atoms with Crippen LogP contribution in [0.1, 0.15) is 15.5 Å². The van der Waals surface area contributed by atoms with Gasteiger partial charge in [0.2, 0.25) is 0 Å². The Balaban J connectivity index is -0.00000110. The van der Waals surface area contributed by atoms with Crippen LogP contribution in [0.2, 0.25) is 0 Å². The molecular weight excluding hydrogens is 339 g/mol. The second-order valence-electron chi connectivity index (χ2n) is 4.26. The smallest absolute Gasteiger partial charge is 1.00 e. The summed E-state index contributed by atoms with van der Waals surface area (Å²) >= 11 is 0. The maximum absolute atomic E-state index is 11.6. The van der Waals surface area contributed by atoms with E-state index in [0.717, 1.165) is 4.57 Å². The fraction of sp³-hybridized carbons (Fsp3) is 0.556. The first-order valence-corrected chi connectivity index (χ1v) is 7.40. The van der Waals surface area contributed by atoms with E-state index in [1.165, 1.54) is 12.3 Å². The van der Waals surface area contributed by atoms with Gasteiger partial charge >= 0.3 is 72.4 Å². The molecule has 5 N–H and O–H groups in total. The second-order valence-corrected chi connectivity index (χ2v) is 5.85. The van der Waals surface area contributed by atoms with Crippen LogP contribution in [-0.2, 0) is 14.0 Å². The first-order chi connectivity index (χ1) is 9.26. The zero-order valence-corrected chi connectivity index (χ0v) is 17.1. The van der Waals surface area contributed by atoms with E-state index in [-0.39, 0.29) is 74.2 Å². The number of hydrogen-bond donors (Lipinski definition) is 4. The summed E-state index contributed by atoms with van der Waals surface area (Å²) in [7, 11) is -4.36. The van der Waals surface area contributed by atoms with E-state index in [2.05, 4.69) is 4.98 Å². The minimum Gasteiger partial charge on any atom is -1.00 e. The molecule has 3 atom stereocenters. The van der Waals surface area contributed by atoms with E-state index in [0.29, 0.717) is 0 Å². The Morgan fingerprint density at radius 2 is 2.18 bits per heavy atom. The molecule has 1 aliphatic heterocycles. The Labute approximate surface area is 172 Å². The van der Waals surface area contributed by atoms with Crippen molar-refractivity contribution < 1.29 is 90.9 Å². The van der Waals surface area contributed by atoms with Gasteiger partial charge in [-0.3, -0.25) is 9.13 Å². The van der Waals surface area contributed by atoms with Crippen molar-refractivity contribution in [3.05, 3.63) is 22.7 Å². The van der Waals surface area contributed by atoms with Crippen LogP contribution in [0.15, 0.2) is 17.1 Å². The molecule has 1 aromatic rings. The number of aromatic nitrogens is 2. The predicted octanol–water partition coefficient (Wildman–Crippen LogP) is -7.18. The third kappa shape index (κ3) is 6.31. The molecule has 1 saturated heterocycles. The number of aliphatic hydroxyl groups excluding tert-OH is 1. The van der Waals surface area contributed by atoms with Gasteiger partial charge in [-0.05, 0) is 6.07 Å². The summed E-state index contributed by atoms with van der Waals surface area (Å²) in [6.07, 6.45) is -2.68. The quantitative estimate of drug-likeness (QED) is 0.304. The maximum Gasteiger partial charge on any atom is 1.00 e. The van der Waals surface area contributed by atoms with Crippen LogP contribution >= 0.6 is 7.60 Å². The molecule has 0 radical (unpaired) electrons. The molecule has 0 amide bonds. The van der Waals surface area contributed by atoms with E-state index in [4.69, 9.17) is 25.0 Å². The van der Waals surface area contributed by atoms with E-state index >= 15 is 0 Å². The molecule has 0 saturated carbocycles. The van der Waals surface area contributed by atoms with Crippen LogP contribution in [0.4, 0.5) is 5.82 Å². The van der Waals surface area contributed by atoms with Crippen LogP contribution in [0.5, 0.6) is 0 Å². The third-order valence-corrected chi connectivity index (χ3v) is 3.10. The van der Waals surface area contributed by atoms with Crippen molar-refractivity contribution in [1.82, 2.24) is 9.55 Å². The van der Waals surface area contributed by atoms with Gasteiger partial charge < -0.3 is 33.0 Å². The van der Waals surface area contributed by atoms with Gasteiger partial charge in [0.25, 0.3) is 0 Å². The second kappa shape index (κ2) is 9.26. The number of nitrogens with zero attached hydrogens (tertiary/aromatic N) is 2. The summed E-state index contributed by atoms with van der Waals surface area (Å²) in [4.78, 5) is 32.5. The minimum absolute atomic E-state index is 0. The van der Waals surface area contributed by atoms with Gasteiger partial charge in [0, 0.05) is 12.6 Å². The Morgan fingerprint density at radius 1 is 1.55 bits per heavy atom. The summed E-state index contributed by atoms with van der Waals surface area (Å²) < 4.78 is 21.8. The molecule has 0 unspecified atom stereocenters. The number of ether oxygens (including phenoxy) is 2. The molecule has 1 aromatic heterocycles. The van der Waals surface area contributed by atoms with Crippen molar-refractivity contribution in [2.75, 3.05) is 12.1 Å². The average molecular weight is 355 g/mol. The monoisotopic (exact) mass is 355 g/mol.